The van der Waals surface area contributed by atoms with E-state index in [2.05, 4.69) is 31.2 Å². The fourth-order valence-corrected chi connectivity index (χ4v) is 1.86. The van der Waals surface area contributed by atoms with Gasteiger partial charge in [0.1, 0.15) is 16.6 Å². The lowest BCUT2D eigenvalue weighted by Gasteiger charge is -2.10. The molecule has 4 nitrogen and oxygen atoms in total. The summed E-state index contributed by atoms with van der Waals surface area (Å²) in [6, 6.07) is 4.13. The topological polar surface area (TPSA) is 47.0 Å². The number of hydrogen-bond donors (Lipinski definition) is 1. The third-order valence-electron chi connectivity index (χ3n) is 2.34. The first-order valence-corrected chi connectivity index (χ1v) is 7.16. The van der Waals surface area contributed by atoms with Gasteiger partial charge in [-0.2, -0.15) is 4.98 Å². The summed E-state index contributed by atoms with van der Waals surface area (Å²) >= 11 is 9.26. The second kappa shape index (κ2) is 6.85. The Balaban J connectivity index is 2.25. The van der Waals surface area contributed by atoms with E-state index in [0.717, 1.165) is 13.0 Å². The zero-order valence-corrected chi connectivity index (χ0v) is 13.0. The van der Waals surface area contributed by atoms with E-state index in [9.17, 15) is 4.39 Å². The first-order valence-electron chi connectivity index (χ1n) is 5.99. The molecule has 2 rings (SSSR count). The molecule has 1 heterocycles. The first-order chi connectivity index (χ1) is 9.60. The van der Waals surface area contributed by atoms with Gasteiger partial charge in [0.25, 0.3) is 0 Å². The van der Waals surface area contributed by atoms with Gasteiger partial charge in [-0.1, -0.05) is 18.5 Å². The summed E-state index contributed by atoms with van der Waals surface area (Å²) in [6.45, 7) is 2.77. The summed E-state index contributed by atoms with van der Waals surface area (Å²) in [4.78, 5) is 8.19. The zero-order chi connectivity index (χ0) is 14.5. The van der Waals surface area contributed by atoms with Crippen molar-refractivity contribution in [1.82, 2.24) is 9.97 Å². The van der Waals surface area contributed by atoms with E-state index < -0.39 is 5.82 Å². The molecular weight excluding hydrogens is 349 g/mol. The molecule has 0 radical (unpaired) electrons. The van der Waals surface area contributed by atoms with Crippen molar-refractivity contribution in [2.45, 2.75) is 13.3 Å². The van der Waals surface area contributed by atoms with Gasteiger partial charge in [-0.05, 0) is 34.5 Å². The Morgan fingerprint density at radius 1 is 1.45 bits per heavy atom. The van der Waals surface area contributed by atoms with Gasteiger partial charge < -0.3 is 10.1 Å². The maximum Gasteiger partial charge on any atom is 0.243 e. The van der Waals surface area contributed by atoms with Crippen LogP contribution in [0, 0.1) is 5.82 Å². The molecule has 0 aliphatic carbocycles. The molecule has 0 saturated carbocycles. The highest BCUT2D eigenvalue weighted by Crippen LogP contribution is 2.32. The Labute approximate surface area is 129 Å². The van der Waals surface area contributed by atoms with E-state index in [1.807, 2.05) is 6.92 Å². The molecule has 106 valence electrons. The molecule has 2 aromatic rings. The fourth-order valence-electron chi connectivity index (χ4n) is 1.40. The van der Waals surface area contributed by atoms with E-state index in [0.29, 0.717) is 16.2 Å². The van der Waals surface area contributed by atoms with Crippen LogP contribution in [0.2, 0.25) is 5.02 Å². The number of anilines is 1. The Kier molecular flexibility index (Phi) is 5.14. The minimum atomic E-state index is -0.405. The summed E-state index contributed by atoms with van der Waals surface area (Å²) in [7, 11) is 0. The van der Waals surface area contributed by atoms with Crippen LogP contribution in [0.1, 0.15) is 13.3 Å². The van der Waals surface area contributed by atoms with Crippen LogP contribution in [-0.2, 0) is 0 Å². The number of aromatic nitrogens is 2. The number of hydrogen-bond acceptors (Lipinski definition) is 4. The fraction of sp³-hybridized carbons (Fsp3) is 0.231. The van der Waals surface area contributed by atoms with Gasteiger partial charge in [0.15, 0.2) is 0 Å². The van der Waals surface area contributed by atoms with Crippen LogP contribution in [0.25, 0.3) is 0 Å². The maximum absolute atomic E-state index is 13.2. The lowest BCUT2D eigenvalue weighted by Crippen LogP contribution is -2.05. The molecule has 0 aliphatic rings. The highest BCUT2D eigenvalue weighted by molar-refractivity contribution is 9.10. The summed E-state index contributed by atoms with van der Waals surface area (Å²) in [5.74, 6) is 0.482. The second-order valence-corrected chi connectivity index (χ2v) is 5.21. The molecule has 0 unspecified atom stereocenters. The number of halogens is 3. The Morgan fingerprint density at radius 3 is 3.00 bits per heavy atom. The van der Waals surface area contributed by atoms with Gasteiger partial charge in [0.2, 0.25) is 11.8 Å². The normalized spacial score (nSPS) is 10.4. The van der Waals surface area contributed by atoms with Crippen LogP contribution in [0.5, 0.6) is 11.6 Å². The van der Waals surface area contributed by atoms with Crippen molar-refractivity contribution >= 4 is 33.5 Å². The van der Waals surface area contributed by atoms with E-state index in [-0.39, 0.29) is 10.9 Å². The minimum Gasteiger partial charge on any atom is -0.436 e. The smallest absolute Gasteiger partial charge is 0.243 e. The van der Waals surface area contributed by atoms with Crippen LogP contribution in [0.4, 0.5) is 10.3 Å². The van der Waals surface area contributed by atoms with Gasteiger partial charge >= 0.3 is 0 Å². The van der Waals surface area contributed by atoms with Crippen LogP contribution in [0.3, 0.4) is 0 Å². The molecule has 0 bridgehead atoms. The molecule has 1 N–H and O–H groups in total. The van der Waals surface area contributed by atoms with Crippen LogP contribution >= 0.6 is 27.5 Å². The first kappa shape index (κ1) is 15.0. The average molecular weight is 361 g/mol. The Bertz CT molecular complexity index is 612. The summed E-state index contributed by atoms with van der Waals surface area (Å²) in [5.41, 5.74) is 0. The molecule has 7 heteroatoms. The van der Waals surface area contributed by atoms with E-state index in [1.165, 1.54) is 18.3 Å². The summed E-state index contributed by atoms with van der Waals surface area (Å²) < 4.78 is 19.4. The molecule has 0 spiro atoms. The quantitative estimate of drug-likeness (QED) is 0.843. The molecule has 1 aromatic carbocycles. The monoisotopic (exact) mass is 359 g/mol. The largest absolute Gasteiger partial charge is 0.436 e. The highest BCUT2D eigenvalue weighted by Gasteiger charge is 2.11. The molecule has 20 heavy (non-hydrogen) atoms. The van der Waals surface area contributed by atoms with Gasteiger partial charge in [0, 0.05) is 12.6 Å². The number of nitrogens with zero attached hydrogens (tertiary/aromatic N) is 2. The van der Waals surface area contributed by atoms with Gasteiger partial charge in [0.05, 0.1) is 10.7 Å². The zero-order valence-electron chi connectivity index (χ0n) is 10.7. The number of ether oxygens (including phenoxy) is 1. The molecule has 0 fully saturated rings. The third-order valence-corrected chi connectivity index (χ3v) is 3.26. The molecule has 0 saturated heterocycles. The Morgan fingerprint density at radius 2 is 2.25 bits per heavy atom. The van der Waals surface area contributed by atoms with Crippen molar-refractivity contribution in [3.8, 4) is 11.6 Å². The summed E-state index contributed by atoms with van der Waals surface area (Å²) in [6.07, 6.45) is 2.38. The molecule has 1 aromatic heterocycles. The predicted molar refractivity (Wildman–Crippen MR) is 80.0 cm³/mol. The number of rotatable bonds is 5. The molecular formula is C13H12BrClFN3O. The van der Waals surface area contributed by atoms with Crippen molar-refractivity contribution in [2.24, 2.45) is 0 Å². The van der Waals surface area contributed by atoms with Crippen molar-refractivity contribution in [1.29, 1.82) is 0 Å². The predicted octanol–water partition coefficient (Wildman–Crippen LogP) is 4.65. The second-order valence-electron chi connectivity index (χ2n) is 3.95. The lowest BCUT2D eigenvalue weighted by atomic mass is 10.3. The van der Waals surface area contributed by atoms with Gasteiger partial charge in [-0.3, -0.25) is 0 Å². The van der Waals surface area contributed by atoms with Crippen molar-refractivity contribution in [3.05, 3.63) is 39.7 Å². The Hall–Kier alpha value is -1.40. The molecule has 0 atom stereocenters. The van der Waals surface area contributed by atoms with Crippen LogP contribution in [0.15, 0.2) is 28.9 Å². The van der Waals surface area contributed by atoms with Gasteiger partial charge in [-0.15, -0.1) is 0 Å². The number of benzene rings is 1. The van der Waals surface area contributed by atoms with Crippen LogP contribution < -0.4 is 10.1 Å². The average Bonchev–Trinajstić information content (AvgIpc) is 2.43. The SMILES string of the molecule is CCCNc1ncc(Cl)c(Oc2cc(F)ccc2Br)n1. The highest BCUT2D eigenvalue weighted by atomic mass is 79.9. The van der Waals surface area contributed by atoms with Crippen molar-refractivity contribution < 1.29 is 9.13 Å². The lowest BCUT2D eigenvalue weighted by molar-refractivity contribution is 0.455. The molecule has 0 aliphatic heterocycles. The molecule has 0 amide bonds. The maximum atomic E-state index is 13.2. The van der Waals surface area contributed by atoms with Gasteiger partial charge in [-0.25, -0.2) is 9.37 Å². The summed E-state index contributed by atoms with van der Waals surface area (Å²) in [5, 5.41) is 3.28. The van der Waals surface area contributed by atoms with E-state index in [4.69, 9.17) is 16.3 Å². The number of nitrogens with one attached hydrogen (secondary N) is 1. The minimum absolute atomic E-state index is 0.173. The van der Waals surface area contributed by atoms with Crippen molar-refractivity contribution in [2.75, 3.05) is 11.9 Å². The van der Waals surface area contributed by atoms with E-state index >= 15 is 0 Å². The standard InChI is InChI=1S/C13H12BrClFN3O/c1-2-5-17-13-18-7-10(15)12(19-13)20-11-6-8(16)3-4-9(11)14/h3-4,6-7H,2,5H2,1H3,(H,17,18,19). The van der Waals surface area contributed by atoms with Crippen molar-refractivity contribution in [3.63, 3.8) is 0 Å². The van der Waals surface area contributed by atoms with Crippen LogP contribution in [-0.4, -0.2) is 16.5 Å². The third kappa shape index (κ3) is 3.80. The van der Waals surface area contributed by atoms with E-state index in [1.54, 1.807) is 6.07 Å².